The van der Waals surface area contributed by atoms with Gasteiger partial charge in [-0.15, -0.1) is 0 Å². The smallest absolute Gasteiger partial charge is 0.258 e. The molecule has 34 heavy (non-hydrogen) atoms. The molecular weight excluding hydrogens is 444 g/mol. The standard InChI is InChI=1S/C27H32N4O2S/c1-6-19-7-9-20(10-8-19)24-23(18(4)31(27(34)28-24)16-15-17(2)3)26-29-25(30-33-26)21-11-13-22(32-5)14-12-21/h7-14,17,24H,6,15-16H2,1-5H3,(H,28,34). The molecular formula is C27H32N4O2S. The molecule has 1 aliphatic rings. The van der Waals surface area contributed by atoms with Gasteiger partial charge in [-0.05, 0) is 73.3 Å². The largest absolute Gasteiger partial charge is 0.497 e. The van der Waals surface area contributed by atoms with E-state index in [1.54, 1.807) is 7.11 Å². The fourth-order valence-electron chi connectivity index (χ4n) is 4.10. The predicted octanol–water partition coefficient (Wildman–Crippen LogP) is 6.02. The predicted molar refractivity (Wildman–Crippen MR) is 139 cm³/mol. The summed E-state index contributed by atoms with van der Waals surface area (Å²) in [6, 6.07) is 16.1. The maximum atomic E-state index is 5.83. The van der Waals surface area contributed by atoms with Gasteiger partial charge in [0.2, 0.25) is 5.82 Å². The second-order valence-corrected chi connectivity index (χ2v) is 9.35. The van der Waals surface area contributed by atoms with Gasteiger partial charge in [0.25, 0.3) is 5.89 Å². The number of nitrogens with one attached hydrogen (secondary N) is 1. The van der Waals surface area contributed by atoms with Crippen molar-refractivity contribution in [2.45, 2.75) is 46.6 Å². The Hall–Kier alpha value is -3.19. The molecule has 178 valence electrons. The Kier molecular flexibility index (Phi) is 7.32. The molecule has 6 nitrogen and oxygen atoms in total. The average molecular weight is 477 g/mol. The van der Waals surface area contributed by atoms with Gasteiger partial charge in [0, 0.05) is 17.8 Å². The number of aromatic nitrogens is 2. The first kappa shape index (κ1) is 24.0. The van der Waals surface area contributed by atoms with Gasteiger partial charge in [-0.2, -0.15) is 4.98 Å². The van der Waals surface area contributed by atoms with E-state index in [4.69, 9.17) is 26.5 Å². The third-order valence-electron chi connectivity index (χ3n) is 6.25. The minimum absolute atomic E-state index is 0.169. The van der Waals surface area contributed by atoms with Gasteiger partial charge in [-0.25, -0.2) is 0 Å². The molecule has 4 rings (SSSR count). The molecule has 2 heterocycles. The first-order valence-electron chi connectivity index (χ1n) is 11.8. The molecule has 7 heteroatoms. The molecule has 3 aromatic rings. The summed E-state index contributed by atoms with van der Waals surface area (Å²) in [6.07, 6.45) is 2.03. The number of ether oxygens (including phenoxy) is 1. The van der Waals surface area contributed by atoms with Crippen LogP contribution in [0.4, 0.5) is 0 Å². The topological polar surface area (TPSA) is 63.4 Å². The summed E-state index contributed by atoms with van der Waals surface area (Å²) in [4.78, 5) is 6.94. The van der Waals surface area contributed by atoms with Crippen molar-refractivity contribution in [3.63, 3.8) is 0 Å². The summed E-state index contributed by atoms with van der Waals surface area (Å²) < 4.78 is 11.1. The molecule has 0 aliphatic carbocycles. The van der Waals surface area contributed by atoms with Crippen LogP contribution >= 0.6 is 12.2 Å². The van der Waals surface area contributed by atoms with Crippen LogP contribution in [0.3, 0.4) is 0 Å². The number of benzene rings is 2. The van der Waals surface area contributed by atoms with Crippen LogP contribution in [0.15, 0.2) is 58.8 Å². The van der Waals surface area contributed by atoms with Crippen molar-refractivity contribution in [1.82, 2.24) is 20.4 Å². The molecule has 0 bridgehead atoms. The first-order chi connectivity index (χ1) is 16.4. The fraction of sp³-hybridized carbons (Fsp3) is 0.370. The Morgan fingerprint density at radius 1 is 1.12 bits per heavy atom. The fourth-order valence-corrected chi connectivity index (χ4v) is 4.45. The number of thiocarbonyl (C=S) groups is 1. The van der Waals surface area contributed by atoms with Gasteiger partial charge in [-0.3, -0.25) is 0 Å². The molecule has 1 N–H and O–H groups in total. The number of hydrogen-bond acceptors (Lipinski definition) is 5. The van der Waals surface area contributed by atoms with Crippen molar-refractivity contribution < 1.29 is 9.26 Å². The van der Waals surface area contributed by atoms with Crippen molar-refractivity contribution in [2.75, 3.05) is 13.7 Å². The van der Waals surface area contributed by atoms with Gasteiger partial charge in [-0.1, -0.05) is 50.2 Å². The zero-order valence-corrected chi connectivity index (χ0v) is 21.3. The SMILES string of the molecule is CCc1ccc(C2NC(=S)N(CCC(C)C)C(C)=C2c2nc(-c3ccc(OC)cc3)no2)cc1. The number of methoxy groups -OCH3 is 1. The zero-order valence-electron chi connectivity index (χ0n) is 20.5. The van der Waals surface area contributed by atoms with E-state index in [9.17, 15) is 0 Å². The van der Waals surface area contributed by atoms with Crippen molar-refractivity contribution in [2.24, 2.45) is 5.92 Å². The van der Waals surface area contributed by atoms with E-state index in [2.05, 4.69) is 67.3 Å². The molecule has 2 aromatic carbocycles. The van der Waals surface area contributed by atoms with Crippen LogP contribution in [0.1, 0.15) is 57.2 Å². The van der Waals surface area contributed by atoms with E-state index in [1.165, 1.54) is 5.56 Å². The molecule has 1 aliphatic heterocycles. The van der Waals surface area contributed by atoms with E-state index in [1.807, 2.05) is 24.3 Å². The Morgan fingerprint density at radius 3 is 2.44 bits per heavy atom. The van der Waals surface area contributed by atoms with Crippen molar-refractivity contribution in [3.8, 4) is 17.1 Å². The maximum Gasteiger partial charge on any atom is 0.258 e. The van der Waals surface area contributed by atoms with Crippen molar-refractivity contribution >= 4 is 22.9 Å². The number of hydrogen-bond donors (Lipinski definition) is 1. The van der Waals surface area contributed by atoms with Gasteiger partial charge in [0.05, 0.1) is 18.7 Å². The Morgan fingerprint density at radius 2 is 1.82 bits per heavy atom. The minimum atomic E-state index is -0.169. The number of nitrogens with zero attached hydrogens (tertiary/aromatic N) is 3. The zero-order chi connectivity index (χ0) is 24.2. The molecule has 0 saturated carbocycles. The minimum Gasteiger partial charge on any atom is -0.497 e. The Labute approximate surface area is 207 Å². The highest BCUT2D eigenvalue weighted by molar-refractivity contribution is 7.80. The summed E-state index contributed by atoms with van der Waals surface area (Å²) >= 11 is 5.79. The van der Waals surface area contributed by atoms with Gasteiger partial charge in [0.1, 0.15) is 5.75 Å². The molecule has 0 fully saturated rings. The highest BCUT2D eigenvalue weighted by Gasteiger charge is 2.34. The van der Waals surface area contributed by atoms with Crippen LogP contribution in [-0.2, 0) is 6.42 Å². The first-order valence-corrected chi connectivity index (χ1v) is 12.2. The Bertz CT molecular complexity index is 1170. The molecule has 0 spiro atoms. The summed E-state index contributed by atoms with van der Waals surface area (Å²) in [5, 5.41) is 8.55. The molecule has 0 amide bonds. The van der Waals surface area contributed by atoms with Gasteiger partial charge in [0.15, 0.2) is 5.11 Å². The third-order valence-corrected chi connectivity index (χ3v) is 6.59. The van der Waals surface area contributed by atoms with E-state index >= 15 is 0 Å². The quantitative estimate of drug-likeness (QED) is 0.399. The lowest BCUT2D eigenvalue weighted by molar-refractivity contribution is 0.390. The summed E-state index contributed by atoms with van der Waals surface area (Å²) in [7, 11) is 1.65. The van der Waals surface area contributed by atoms with Crippen molar-refractivity contribution in [3.05, 3.63) is 71.2 Å². The van der Waals surface area contributed by atoms with Crippen LogP contribution in [0, 0.1) is 5.92 Å². The monoisotopic (exact) mass is 476 g/mol. The second-order valence-electron chi connectivity index (χ2n) is 8.96. The van der Waals surface area contributed by atoms with Crippen LogP contribution < -0.4 is 10.1 Å². The van der Waals surface area contributed by atoms with E-state index in [-0.39, 0.29) is 6.04 Å². The number of allylic oxidation sites excluding steroid dienone is 1. The highest BCUT2D eigenvalue weighted by Crippen LogP contribution is 2.37. The Balaban J connectivity index is 1.75. The van der Waals surface area contributed by atoms with Crippen molar-refractivity contribution in [1.29, 1.82) is 0 Å². The summed E-state index contributed by atoms with van der Waals surface area (Å²) in [6.45, 7) is 9.52. The van der Waals surface area contributed by atoms with Crippen LogP contribution in [0.25, 0.3) is 17.0 Å². The third kappa shape index (κ3) is 4.99. The van der Waals surface area contributed by atoms with Gasteiger partial charge < -0.3 is 19.5 Å². The maximum absolute atomic E-state index is 5.83. The van der Waals surface area contributed by atoms with E-state index < -0.39 is 0 Å². The van der Waals surface area contributed by atoms with E-state index in [0.29, 0.717) is 17.6 Å². The molecule has 0 radical (unpaired) electrons. The van der Waals surface area contributed by atoms with E-state index in [0.717, 1.165) is 52.6 Å². The average Bonchev–Trinajstić information content (AvgIpc) is 3.33. The van der Waals surface area contributed by atoms with Crippen LogP contribution in [-0.4, -0.2) is 33.8 Å². The second kappa shape index (κ2) is 10.4. The normalized spacial score (nSPS) is 16.2. The molecule has 1 atom stereocenters. The summed E-state index contributed by atoms with van der Waals surface area (Å²) in [5.74, 6) is 2.40. The lowest BCUT2D eigenvalue weighted by Gasteiger charge is -2.37. The summed E-state index contributed by atoms with van der Waals surface area (Å²) in [5.41, 5.74) is 5.27. The van der Waals surface area contributed by atoms with Gasteiger partial charge >= 0.3 is 0 Å². The molecule has 1 aromatic heterocycles. The molecule has 1 unspecified atom stereocenters. The number of aryl methyl sites for hydroxylation is 1. The van der Waals surface area contributed by atoms with Crippen LogP contribution in [0.5, 0.6) is 5.75 Å². The number of rotatable bonds is 8. The lowest BCUT2D eigenvalue weighted by atomic mass is 9.93. The highest BCUT2D eigenvalue weighted by atomic mass is 32.1. The lowest BCUT2D eigenvalue weighted by Crippen LogP contribution is -2.46. The molecule has 0 saturated heterocycles. The van der Waals surface area contributed by atoms with Crippen LogP contribution in [0.2, 0.25) is 0 Å².